The quantitative estimate of drug-likeness (QED) is 0.585. The third-order valence-corrected chi connectivity index (χ3v) is 4.72. The molecule has 0 aromatic rings. The molecule has 2 aliphatic carbocycles. The first-order valence-electron chi connectivity index (χ1n) is 8.90. The van der Waals surface area contributed by atoms with E-state index in [9.17, 15) is 9.59 Å². The summed E-state index contributed by atoms with van der Waals surface area (Å²) in [4.78, 5) is 23.9. The van der Waals surface area contributed by atoms with Gasteiger partial charge in [-0.15, -0.1) is 0 Å². The van der Waals surface area contributed by atoms with Crippen LogP contribution in [0.2, 0.25) is 0 Å². The lowest BCUT2D eigenvalue weighted by molar-refractivity contribution is -0.126. The molecule has 0 aromatic heterocycles. The number of hydrogen-bond donors (Lipinski definition) is 2. The molecule has 0 radical (unpaired) electrons. The Kier molecular flexibility index (Phi) is 6.94. The molecule has 2 N–H and O–H groups in total. The predicted molar refractivity (Wildman–Crippen MR) is 88.4 cm³/mol. The molecular weight excluding hydrogens is 276 g/mol. The topological polar surface area (TPSA) is 58.2 Å². The molecule has 0 spiro atoms. The average Bonchev–Trinajstić information content (AvgIpc) is 2.48. The van der Waals surface area contributed by atoms with Crippen LogP contribution in [0.4, 0.5) is 0 Å². The van der Waals surface area contributed by atoms with Gasteiger partial charge in [0.1, 0.15) is 0 Å². The van der Waals surface area contributed by atoms with Crippen LogP contribution < -0.4 is 10.6 Å². The molecule has 124 valence electrons. The molecule has 0 atom stereocenters. The molecule has 0 bridgehead atoms. The van der Waals surface area contributed by atoms with Crippen molar-refractivity contribution in [2.45, 2.75) is 89.6 Å². The van der Waals surface area contributed by atoms with E-state index in [0.717, 1.165) is 18.5 Å². The third kappa shape index (κ3) is 6.20. The molecular formula is C18H30N2O2. The van der Waals surface area contributed by atoms with Crippen LogP contribution in [-0.2, 0) is 9.59 Å². The highest BCUT2D eigenvalue weighted by atomic mass is 16.2. The first kappa shape index (κ1) is 17.0. The van der Waals surface area contributed by atoms with Gasteiger partial charge in [-0.05, 0) is 32.6 Å². The molecule has 22 heavy (non-hydrogen) atoms. The Bertz CT molecular complexity index is 405. The molecule has 4 nitrogen and oxygen atoms in total. The molecule has 0 aliphatic heterocycles. The Hall–Kier alpha value is -1.32. The van der Waals surface area contributed by atoms with Crippen molar-refractivity contribution in [3.63, 3.8) is 0 Å². The number of allylic oxidation sites excluding steroid dienone is 2. The lowest BCUT2D eigenvalue weighted by Crippen LogP contribution is -2.37. The molecule has 0 saturated heterocycles. The van der Waals surface area contributed by atoms with Gasteiger partial charge in [0.2, 0.25) is 5.91 Å². The Labute approximate surface area is 134 Å². The highest BCUT2D eigenvalue weighted by Crippen LogP contribution is 2.18. The van der Waals surface area contributed by atoms with Crippen LogP contribution in [-0.4, -0.2) is 23.8 Å². The van der Waals surface area contributed by atoms with E-state index in [1.54, 1.807) is 6.08 Å². The van der Waals surface area contributed by atoms with Gasteiger partial charge in [-0.2, -0.15) is 0 Å². The average molecular weight is 306 g/mol. The molecule has 0 heterocycles. The number of ketones is 1. The summed E-state index contributed by atoms with van der Waals surface area (Å²) in [6.45, 7) is 1.92. The second kappa shape index (κ2) is 8.96. The summed E-state index contributed by atoms with van der Waals surface area (Å²) in [6, 6.07) is 0.772. The second-order valence-corrected chi connectivity index (χ2v) is 6.85. The van der Waals surface area contributed by atoms with E-state index >= 15 is 0 Å². The summed E-state index contributed by atoms with van der Waals surface area (Å²) < 4.78 is 0. The fourth-order valence-corrected chi connectivity index (χ4v) is 3.59. The van der Waals surface area contributed by atoms with Crippen LogP contribution >= 0.6 is 0 Å². The summed E-state index contributed by atoms with van der Waals surface area (Å²) in [5.41, 5.74) is 0.891. The largest absolute Gasteiger partial charge is 0.386 e. The molecule has 2 rings (SSSR count). The second-order valence-electron chi connectivity index (χ2n) is 6.85. The van der Waals surface area contributed by atoms with Gasteiger partial charge in [-0.3, -0.25) is 9.59 Å². The van der Waals surface area contributed by atoms with Crippen molar-refractivity contribution < 1.29 is 9.59 Å². The van der Waals surface area contributed by atoms with Gasteiger partial charge >= 0.3 is 0 Å². The Morgan fingerprint density at radius 2 is 1.36 bits per heavy atom. The Morgan fingerprint density at radius 3 is 1.91 bits per heavy atom. The number of carbonyl (C=O) groups excluding carboxylic acids is 2. The van der Waals surface area contributed by atoms with E-state index in [0.29, 0.717) is 6.04 Å². The monoisotopic (exact) mass is 306 g/mol. The smallest absolute Gasteiger partial charge is 0.228 e. The normalized spacial score (nSPS) is 21.4. The maximum absolute atomic E-state index is 12.0. The minimum absolute atomic E-state index is 0.0276. The standard InChI is InChI=1S/C18H30N2O2/c1-14(19-15-8-4-2-5-9-15)12-17(21)13-18(22)20-16-10-6-3-7-11-16/h12,15-16,19H,2-11,13H2,1H3,(H,20,22). The molecule has 0 unspecified atom stereocenters. The summed E-state index contributed by atoms with van der Waals surface area (Å²) in [5.74, 6) is -0.229. The number of rotatable bonds is 6. The minimum atomic E-state index is -0.126. The summed E-state index contributed by atoms with van der Waals surface area (Å²) in [5, 5.41) is 6.41. The van der Waals surface area contributed by atoms with Crippen molar-refractivity contribution in [1.82, 2.24) is 10.6 Å². The highest BCUT2D eigenvalue weighted by molar-refractivity contribution is 6.03. The molecule has 1 amide bonds. The zero-order valence-electron chi connectivity index (χ0n) is 13.8. The van der Waals surface area contributed by atoms with Gasteiger partial charge in [0.25, 0.3) is 0 Å². The molecule has 0 aromatic carbocycles. The Balaban J connectivity index is 1.70. The van der Waals surface area contributed by atoms with Gasteiger partial charge < -0.3 is 10.6 Å². The maximum Gasteiger partial charge on any atom is 0.228 e. The molecule has 4 heteroatoms. The first-order chi connectivity index (χ1) is 10.6. The summed E-state index contributed by atoms with van der Waals surface area (Å²) in [6.07, 6.45) is 13.5. The molecule has 2 saturated carbocycles. The highest BCUT2D eigenvalue weighted by Gasteiger charge is 2.17. The summed E-state index contributed by atoms with van der Waals surface area (Å²) in [7, 11) is 0. The van der Waals surface area contributed by atoms with Crippen molar-refractivity contribution in [1.29, 1.82) is 0 Å². The zero-order valence-corrected chi connectivity index (χ0v) is 13.8. The number of hydrogen-bond acceptors (Lipinski definition) is 3. The van der Waals surface area contributed by atoms with Crippen molar-refractivity contribution >= 4 is 11.7 Å². The van der Waals surface area contributed by atoms with Gasteiger partial charge in [0.15, 0.2) is 5.78 Å². The van der Waals surface area contributed by atoms with Crippen LogP contribution in [0.5, 0.6) is 0 Å². The maximum atomic E-state index is 12.0. The minimum Gasteiger partial charge on any atom is -0.386 e. The van der Waals surface area contributed by atoms with Crippen molar-refractivity contribution in [2.24, 2.45) is 0 Å². The van der Waals surface area contributed by atoms with E-state index in [-0.39, 0.29) is 24.2 Å². The predicted octanol–water partition coefficient (Wildman–Crippen LogP) is 3.22. The van der Waals surface area contributed by atoms with Crippen LogP contribution in [0.1, 0.15) is 77.6 Å². The van der Waals surface area contributed by atoms with E-state index in [1.807, 2.05) is 6.92 Å². The number of nitrogens with one attached hydrogen (secondary N) is 2. The fourth-order valence-electron chi connectivity index (χ4n) is 3.59. The SMILES string of the molecule is CC(=CC(=O)CC(=O)NC1CCCCC1)NC1CCCCC1. The van der Waals surface area contributed by atoms with Crippen LogP contribution in [0.25, 0.3) is 0 Å². The van der Waals surface area contributed by atoms with E-state index in [2.05, 4.69) is 10.6 Å². The van der Waals surface area contributed by atoms with Crippen molar-refractivity contribution in [3.8, 4) is 0 Å². The van der Waals surface area contributed by atoms with Crippen molar-refractivity contribution in [3.05, 3.63) is 11.8 Å². The van der Waals surface area contributed by atoms with Gasteiger partial charge in [0.05, 0.1) is 6.42 Å². The van der Waals surface area contributed by atoms with Crippen LogP contribution in [0.15, 0.2) is 11.8 Å². The van der Waals surface area contributed by atoms with Crippen LogP contribution in [0.3, 0.4) is 0 Å². The van der Waals surface area contributed by atoms with Gasteiger partial charge in [0, 0.05) is 23.9 Å². The van der Waals surface area contributed by atoms with E-state index < -0.39 is 0 Å². The molecule has 2 fully saturated rings. The van der Waals surface area contributed by atoms with Gasteiger partial charge in [-0.25, -0.2) is 0 Å². The number of amides is 1. The summed E-state index contributed by atoms with van der Waals surface area (Å²) >= 11 is 0. The lowest BCUT2D eigenvalue weighted by atomic mass is 9.95. The third-order valence-electron chi connectivity index (χ3n) is 4.72. The van der Waals surface area contributed by atoms with E-state index in [4.69, 9.17) is 0 Å². The van der Waals surface area contributed by atoms with E-state index in [1.165, 1.54) is 51.4 Å². The number of carbonyl (C=O) groups is 2. The first-order valence-corrected chi connectivity index (χ1v) is 8.90. The Morgan fingerprint density at radius 1 is 0.864 bits per heavy atom. The lowest BCUT2D eigenvalue weighted by Gasteiger charge is -2.24. The van der Waals surface area contributed by atoms with Crippen molar-refractivity contribution in [2.75, 3.05) is 0 Å². The van der Waals surface area contributed by atoms with Gasteiger partial charge in [-0.1, -0.05) is 38.5 Å². The fraction of sp³-hybridized carbons (Fsp3) is 0.778. The zero-order chi connectivity index (χ0) is 15.8. The van der Waals surface area contributed by atoms with Crippen LogP contribution in [0, 0.1) is 0 Å². The molecule has 2 aliphatic rings.